The van der Waals surface area contributed by atoms with E-state index in [1.54, 1.807) is 19.9 Å². The van der Waals surface area contributed by atoms with Gasteiger partial charge in [-0.2, -0.15) is 0 Å². The number of nitrogens with one attached hydrogen (secondary N) is 1. The second-order valence-electron chi connectivity index (χ2n) is 6.47. The Kier molecular flexibility index (Phi) is 4.66. The summed E-state index contributed by atoms with van der Waals surface area (Å²) in [5.41, 5.74) is 0. The molecule has 1 N–H and O–H groups in total. The molecule has 0 radical (unpaired) electrons. The van der Waals surface area contributed by atoms with Gasteiger partial charge in [0, 0.05) is 31.6 Å². The minimum Gasteiger partial charge on any atom is -0.360 e. The second-order valence-corrected chi connectivity index (χ2v) is 6.47. The van der Waals surface area contributed by atoms with Gasteiger partial charge in [0.2, 0.25) is 11.8 Å². The number of carbonyl (C=O) groups is 2. The highest BCUT2D eigenvalue weighted by Crippen LogP contribution is 2.29. The molecular formula is C16H24N4O3. The minimum atomic E-state index is -0.0856. The first-order valence-electron chi connectivity index (χ1n) is 8.29. The minimum absolute atomic E-state index is 0.0856. The zero-order valence-corrected chi connectivity index (χ0v) is 13.7. The fourth-order valence-electron chi connectivity index (χ4n) is 3.86. The van der Waals surface area contributed by atoms with E-state index in [1.165, 1.54) is 0 Å². The van der Waals surface area contributed by atoms with Gasteiger partial charge in [-0.3, -0.25) is 14.5 Å². The molecule has 2 aliphatic heterocycles. The molecule has 7 heteroatoms. The second kappa shape index (κ2) is 6.70. The van der Waals surface area contributed by atoms with Crippen LogP contribution in [-0.4, -0.2) is 58.5 Å². The Morgan fingerprint density at radius 1 is 1.30 bits per heavy atom. The van der Waals surface area contributed by atoms with Crippen LogP contribution < -0.4 is 5.32 Å². The monoisotopic (exact) mass is 320 g/mol. The lowest BCUT2D eigenvalue weighted by Crippen LogP contribution is -2.49. The predicted octanol–water partition coefficient (Wildman–Crippen LogP) is 1.40. The van der Waals surface area contributed by atoms with Crippen LogP contribution in [0.1, 0.15) is 38.4 Å². The molecule has 126 valence electrons. The van der Waals surface area contributed by atoms with Crippen LogP contribution in [0.3, 0.4) is 0 Å². The van der Waals surface area contributed by atoms with E-state index in [1.807, 2.05) is 4.90 Å². The molecule has 7 nitrogen and oxygen atoms in total. The summed E-state index contributed by atoms with van der Waals surface area (Å²) >= 11 is 0. The van der Waals surface area contributed by atoms with Crippen molar-refractivity contribution in [3.8, 4) is 0 Å². The van der Waals surface area contributed by atoms with E-state index >= 15 is 0 Å². The normalized spacial score (nSPS) is 25.0. The third-order valence-corrected chi connectivity index (χ3v) is 4.80. The summed E-state index contributed by atoms with van der Waals surface area (Å²) in [6.45, 7) is 5.50. The van der Waals surface area contributed by atoms with Crippen molar-refractivity contribution in [2.75, 3.05) is 25.0 Å². The molecule has 2 fully saturated rings. The maximum atomic E-state index is 12.2. The average Bonchev–Trinajstić information content (AvgIpc) is 3.18. The Balaban J connectivity index is 1.60. The molecule has 23 heavy (non-hydrogen) atoms. The topological polar surface area (TPSA) is 78.7 Å². The molecule has 0 bridgehead atoms. The van der Waals surface area contributed by atoms with Crippen molar-refractivity contribution < 1.29 is 14.1 Å². The van der Waals surface area contributed by atoms with Crippen LogP contribution in [0.4, 0.5) is 5.82 Å². The third kappa shape index (κ3) is 3.55. The molecule has 3 rings (SSSR count). The van der Waals surface area contributed by atoms with Crippen molar-refractivity contribution in [1.29, 1.82) is 0 Å². The Morgan fingerprint density at radius 2 is 2.04 bits per heavy atom. The summed E-state index contributed by atoms with van der Waals surface area (Å²) in [6, 6.07) is 2.23. The zero-order chi connectivity index (χ0) is 16.4. The number of hydrogen-bond acceptors (Lipinski definition) is 5. The lowest BCUT2D eigenvalue weighted by Gasteiger charge is -2.34. The van der Waals surface area contributed by atoms with E-state index in [2.05, 4.69) is 15.4 Å². The highest BCUT2D eigenvalue weighted by molar-refractivity contribution is 5.91. The molecule has 2 saturated heterocycles. The quantitative estimate of drug-likeness (QED) is 0.907. The number of aromatic nitrogens is 1. The first-order valence-corrected chi connectivity index (χ1v) is 8.29. The molecule has 0 saturated carbocycles. The van der Waals surface area contributed by atoms with Gasteiger partial charge >= 0.3 is 0 Å². The Bertz CT molecular complexity index is 586. The molecule has 3 heterocycles. The predicted molar refractivity (Wildman–Crippen MR) is 84.9 cm³/mol. The molecule has 0 aliphatic carbocycles. The first kappa shape index (κ1) is 16.0. The van der Waals surface area contributed by atoms with Crippen LogP contribution in [0.15, 0.2) is 10.6 Å². The summed E-state index contributed by atoms with van der Waals surface area (Å²) in [5.74, 6) is 1.18. The van der Waals surface area contributed by atoms with Crippen LogP contribution in [0.5, 0.6) is 0 Å². The summed E-state index contributed by atoms with van der Waals surface area (Å²) in [6.07, 6.45) is 4.21. The lowest BCUT2D eigenvalue weighted by molar-refractivity contribution is -0.130. The van der Waals surface area contributed by atoms with Gasteiger partial charge in [0.1, 0.15) is 5.76 Å². The number of amides is 2. The van der Waals surface area contributed by atoms with Crippen LogP contribution >= 0.6 is 0 Å². The SMILES string of the molecule is CC(=O)N1CCC[C@H]1[C@@H]1CCCN1CC(=O)Nc1cc(C)on1. The number of likely N-dealkylation sites (tertiary alicyclic amines) is 2. The zero-order valence-electron chi connectivity index (χ0n) is 13.7. The maximum Gasteiger partial charge on any atom is 0.239 e. The molecule has 2 aliphatic rings. The number of anilines is 1. The number of rotatable bonds is 4. The lowest BCUT2D eigenvalue weighted by atomic mass is 10.0. The summed E-state index contributed by atoms with van der Waals surface area (Å²) < 4.78 is 4.96. The van der Waals surface area contributed by atoms with E-state index in [-0.39, 0.29) is 23.9 Å². The van der Waals surface area contributed by atoms with Crippen molar-refractivity contribution in [2.45, 2.75) is 51.6 Å². The number of nitrogens with zero attached hydrogens (tertiary/aromatic N) is 3. The Labute approximate surface area is 136 Å². The molecule has 0 aromatic carbocycles. The van der Waals surface area contributed by atoms with Gasteiger partial charge in [0.25, 0.3) is 0 Å². The fraction of sp³-hybridized carbons (Fsp3) is 0.688. The summed E-state index contributed by atoms with van der Waals surface area (Å²) in [5, 5.41) is 6.55. The van der Waals surface area contributed by atoms with Gasteiger partial charge in [-0.1, -0.05) is 5.16 Å². The molecule has 0 spiro atoms. The first-order chi connectivity index (χ1) is 11.0. The number of hydrogen-bond donors (Lipinski definition) is 1. The summed E-state index contributed by atoms with van der Waals surface area (Å²) in [7, 11) is 0. The van der Waals surface area contributed by atoms with Crippen molar-refractivity contribution >= 4 is 17.6 Å². The van der Waals surface area contributed by atoms with Gasteiger partial charge in [0.05, 0.1) is 6.54 Å². The average molecular weight is 320 g/mol. The van der Waals surface area contributed by atoms with Crippen LogP contribution in [0.2, 0.25) is 0 Å². The van der Waals surface area contributed by atoms with Crippen molar-refractivity contribution in [1.82, 2.24) is 15.0 Å². The van der Waals surface area contributed by atoms with E-state index in [0.29, 0.717) is 18.1 Å². The van der Waals surface area contributed by atoms with Gasteiger partial charge in [-0.15, -0.1) is 0 Å². The largest absolute Gasteiger partial charge is 0.360 e. The molecular weight excluding hydrogens is 296 g/mol. The van der Waals surface area contributed by atoms with Gasteiger partial charge in [-0.05, 0) is 39.2 Å². The fourth-order valence-corrected chi connectivity index (χ4v) is 3.86. The van der Waals surface area contributed by atoms with Gasteiger partial charge in [-0.25, -0.2) is 0 Å². The van der Waals surface area contributed by atoms with Crippen LogP contribution in [0.25, 0.3) is 0 Å². The summed E-state index contributed by atoms with van der Waals surface area (Å²) in [4.78, 5) is 28.2. The smallest absolute Gasteiger partial charge is 0.239 e. The van der Waals surface area contributed by atoms with Crippen molar-refractivity contribution in [2.24, 2.45) is 0 Å². The van der Waals surface area contributed by atoms with E-state index in [4.69, 9.17) is 4.52 Å². The van der Waals surface area contributed by atoms with E-state index < -0.39 is 0 Å². The van der Waals surface area contributed by atoms with Crippen molar-refractivity contribution in [3.63, 3.8) is 0 Å². The van der Waals surface area contributed by atoms with Gasteiger partial charge < -0.3 is 14.7 Å². The highest BCUT2D eigenvalue weighted by Gasteiger charge is 2.39. The van der Waals surface area contributed by atoms with Gasteiger partial charge in [0.15, 0.2) is 5.82 Å². The highest BCUT2D eigenvalue weighted by atomic mass is 16.5. The number of aryl methyl sites for hydroxylation is 1. The van der Waals surface area contributed by atoms with Crippen LogP contribution in [-0.2, 0) is 9.59 Å². The van der Waals surface area contributed by atoms with Crippen molar-refractivity contribution in [3.05, 3.63) is 11.8 Å². The number of carbonyl (C=O) groups excluding carboxylic acids is 2. The third-order valence-electron chi connectivity index (χ3n) is 4.80. The molecule has 1 aromatic rings. The van der Waals surface area contributed by atoms with E-state index in [0.717, 1.165) is 38.8 Å². The van der Waals surface area contributed by atoms with E-state index in [9.17, 15) is 9.59 Å². The molecule has 2 atom stereocenters. The molecule has 2 amide bonds. The Hall–Kier alpha value is -1.89. The Morgan fingerprint density at radius 3 is 2.74 bits per heavy atom. The molecule has 1 aromatic heterocycles. The maximum absolute atomic E-state index is 12.2. The van der Waals surface area contributed by atoms with Crippen LogP contribution in [0, 0.1) is 6.92 Å². The standard InChI is InChI=1S/C16H24N4O3/c1-11-9-15(18-23-11)17-16(22)10-19-7-3-5-13(19)14-6-4-8-20(14)12(2)21/h9,13-14H,3-8,10H2,1-2H3,(H,17,18,22)/t13-,14-/m0/s1. The molecule has 0 unspecified atom stereocenters.